The molecule has 1 aliphatic rings. The van der Waals surface area contributed by atoms with Crippen LogP contribution in [-0.2, 0) is 20.8 Å². The number of nitrogens with zero attached hydrogens (tertiary/aromatic N) is 1. The molecule has 3 rings (SSSR count). The lowest BCUT2D eigenvalue weighted by Crippen LogP contribution is -2.53. The van der Waals surface area contributed by atoms with E-state index in [1.54, 1.807) is 44.6 Å². The van der Waals surface area contributed by atoms with Crippen molar-refractivity contribution in [2.45, 2.75) is 50.7 Å². The normalized spacial score (nSPS) is 17.2. The number of carbonyl (C=O) groups excluding carboxylic acids is 3. The number of amides is 2. The molecule has 9 nitrogen and oxygen atoms in total. The second-order valence-corrected chi connectivity index (χ2v) is 8.32. The van der Waals surface area contributed by atoms with Gasteiger partial charge in [-0.3, -0.25) is 14.4 Å². The number of aliphatic carboxylic acids is 1. The predicted octanol–water partition coefficient (Wildman–Crippen LogP) is 2.82. The van der Waals surface area contributed by atoms with Crippen molar-refractivity contribution in [3.05, 3.63) is 59.7 Å². The van der Waals surface area contributed by atoms with E-state index in [-0.39, 0.29) is 12.8 Å². The predicted molar refractivity (Wildman–Crippen MR) is 127 cm³/mol. The maximum atomic E-state index is 12.9. The lowest BCUT2D eigenvalue weighted by atomic mass is 10.1. The van der Waals surface area contributed by atoms with E-state index < -0.39 is 35.8 Å². The van der Waals surface area contributed by atoms with Gasteiger partial charge in [-0.25, -0.2) is 4.79 Å². The molecule has 0 spiro atoms. The Labute approximate surface area is 204 Å². The summed E-state index contributed by atoms with van der Waals surface area (Å²) in [6.45, 7) is 0. The van der Waals surface area contributed by atoms with Crippen LogP contribution >= 0.6 is 0 Å². The molecule has 2 N–H and O–H groups in total. The van der Waals surface area contributed by atoms with E-state index in [9.17, 15) is 24.3 Å². The topological polar surface area (TPSA) is 122 Å². The number of hydrogen-bond acceptors (Lipinski definition) is 6. The third-order valence-corrected chi connectivity index (χ3v) is 5.99. The van der Waals surface area contributed by atoms with Gasteiger partial charge in [-0.05, 0) is 49.1 Å². The molecule has 0 aromatic heterocycles. The van der Waals surface area contributed by atoms with Crippen molar-refractivity contribution in [2.24, 2.45) is 0 Å². The summed E-state index contributed by atoms with van der Waals surface area (Å²) in [5.74, 6) is -1.46. The number of carboxylic acid groups (broad SMARTS) is 1. The third-order valence-electron chi connectivity index (χ3n) is 5.99. The van der Waals surface area contributed by atoms with Gasteiger partial charge in [0.05, 0.1) is 14.2 Å². The van der Waals surface area contributed by atoms with Crippen LogP contribution in [0.4, 0.5) is 0 Å². The van der Waals surface area contributed by atoms with Crippen molar-refractivity contribution in [2.75, 3.05) is 14.2 Å². The molecule has 1 saturated heterocycles. The summed E-state index contributed by atoms with van der Waals surface area (Å²) in [7, 11) is 3.16. The highest BCUT2D eigenvalue weighted by atomic mass is 16.5. The number of nitrogens with one attached hydrogen (secondary N) is 1. The van der Waals surface area contributed by atoms with Crippen LogP contribution in [0, 0.1) is 0 Å². The number of benzene rings is 2. The van der Waals surface area contributed by atoms with Crippen LogP contribution in [0.25, 0.3) is 0 Å². The van der Waals surface area contributed by atoms with Crippen LogP contribution in [0.5, 0.6) is 11.5 Å². The smallest absolute Gasteiger partial charge is 0.326 e. The monoisotopic (exact) mass is 482 g/mol. The van der Waals surface area contributed by atoms with Crippen LogP contribution in [0.2, 0.25) is 0 Å². The molecule has 0 saturated carbocycles. The summed E-state index contributed by atoms with van der Waals surface area (Å²) >= 11 is 0. The summed E-state index contributed by atoms with van der Waals surface area (Å²) < 4.78 is 10.6. The van der Waals surface area contributed by atoms with Gasteiger partial charge >= 0.3 is 5.97 Å². The largest absolute Gasteiger partial charge is 0.493 e. The second-order valence-electron chi connectivity index (χ2n) is 8.32. The number of rotatable bonds is 11. The summed E-state index contributed by atoms with van der Waals surface area (Å²) in [5.41, 5.74) is 1.40. The fraction of sp³-hybridized carbons (Fsp3) is 0.385. The molecule has 0 bridgehead atoms. The number of carbonyl (C=O) groups is 4. The van der Waals surface area contributed by atoms with E-state index in [0.29, 0.717) is 23.5 Å². The zero-order valence-corrected chi connectivity index (χ0v) is 19.9. The van der Waals surface area contributed by atoms with Crippen LogP contribution in [-0.4, -0.2) is 60.0 Å². The number of methoxy groups -OCH3 is 2. The Morgan fingerprint density at radius 2 is 1.71 bits per heavy atom. The number of hydrogen-bond donors (Lipinski definition) is 2. The van der Waals surface area contributed by atoms with Crippen LogP contribution in [0.1, 0.15) is 48.0 Å². The van der Waals surface area contributed by atoms with Gasteiger partial charge in [-0.15, -0.1) is 0 Å². The molecule has 9 heteroatoms. The molecule has 1 unspecified atom stereocenters. The first kappa shape index (κ1) is 25.7. The number of Topliss-reactive ketones (excluding diaryl/α,β-unsaturated/α-hetero) is 1. The number of unbranched alkanes of at least 4 members (excludes halogenated alkanes) is 2. The first-order valence-electron chi connectivity index (χ1n) is 11.5. The Bertz CT molecular complexity index is 1070. The number of carboxylic acids is 1. The Hall–Kier alpha value is -3.88. The summed E-state index contributed by atoms with van der Waals surface area (Å²) in [6.07, 6.45) is 1.33. The molecule has 0 aliphatic carbocycles. The molecule has 35 heavy (non-hydrogen) atoms. The van der Waals surface area contributed by atoms with Crippen molar-refractivity contribution < 1.29 is 33.8 Å². The zero-order valence-electron chi connectivity index (χ0n) is 19.9. The van der Waals surface area contributed by atoms with Crippen LogP contribution < -0.4 is 14.8 Å². The molecule has 1 aliphatic heterocycles. The highest BCUT2D eigenvalue weighted by molar-refractivity contribution is 6.03. The molecular weight excluding hydrogens is 452 g/mol. The minimum absolute atomic E-state index is 0.0840. The van der Waals surface area contributed by atoms with Crippen molar-refractivity contribution >= 4 is 23.6 Å². The molecule has 2 amide bonds. The highest BCUT2D eigenvalue weighted by Crippen LogP contribution is 2.28. The molecular formula is C26H30N2O7. The highest BCUT2D eigenvalue weighted by Gasteiger charge is 2.47. The Kier molecular flexibility index (Phi) is 8.83. The van der Waals surface area contributed by atoms with Crippen molar-refractivity contribution in [3.8, 4) is 11.5 Å². The van der Waals surface area contributed by atoms with E-state index in [0.717, 1.165) is 29.7 Å². The first-order valence-corrected chi connectivity index (χ1v) is 11.5. The second kappa shape index (κ2) is 12.0. The van der Waals surface area contributed by atoms with Gasteiger partial charge in [0.1, 0.15) is 6.04 Å². The number of aryl methyl sites for hydroxylation is 1. The molecule has 2 aromatic rings. The third kappa shape index (κ3) is 6.38. The van der Waals surface area contributed by atoms with Crippen molar-refractivity contribution in [1.29, 1.82) is 0 Å². The Balaban J connectivity index is 1.56. The first-order chi connectivity index (χ1) is 16.8. The van der Waals surface area contributed by atoms with Crippen LogP contribution in [0.15, 0.2) is 48.5 Å². The van der Waals surface area contributed by atoms with E-state index >= 15 is 0 Å². The summed E-state index contributed by atoms with van der Waals surface area (Å²) in [4.78, 5) is 50.7. The number of likely N-dealkylation sites (tertiary alicyclic amines) is 1. The molecule has 1 fully saturated rings. The molecule has 1 heterocycles. The van der Waals surface area contributed by atoms with Gasteiger partial charge in [0.15, 0.2) is 23.4 Å². The Morgan fingerprint density at radius 3 is 2.37 bits per heavy atom. The lowest BCUT2D eigenvalue weighted by molar-refractivity contribution is -0.150. The molecule has 186 valence electrons. The van der Waals surface area contributed by atoms with E-state index in [1.165, 1.54) is 0 Å². The van der Waals surface area contributed by atoms with Gasteiger partial charge in [0.25, 0.3) is 5.91 Å². The quantitative estimate of drug-likeness (QED) is 0.472. The zero-order chi connectivity index (χ0) is 25.4. The van der Waals surface area contributed by atoms with E-state index in [1.807, 2.05) is 18.2 Å². The van der Waals surface area contributed by atoms with Crippen molar-refractivity contribution in [1.82, 2.24) is 10.2 Å². The van der Waals surface area contributed by atoms with Gasteiger partial charge in [0, 0.05) is 18.4 Å². The fourth-order valence-corrected chi connectivity index (χ4v) is 4.15. The Morgan fingerprint density at radius 1 is 1.00 bits per heavy atom. The maximum Gasteiger partial charge on any atom is 0.326 e. The summed E-state index contributed by atoms with van der Waals surface area (Å²) in [5, 5.41) is 12.1. The van der Waals surface area contributed by atoms with Gasteiger partial charge < -0.3 is 24.8 Å². The summed E-state index contributed by atoms with van der Waals surface area (Å²) in [6, 6.07) is 12.7. The van der Waals surface area contributed by atoms with E-state index in [2.05, 4.69) is 5.32 Å². The molecule has 2 atom stereocenters. The fourth-order valence-electron chi connectivity index (χ4n) is 4.15. The van der Waals surface area contributed by atoms with E-state index in [4.69, 9.17) is 9.47 Å². The SMILES string of the molecule is COc1ccc(CCCCCC(=O)N2C(NC(=O)c3ccccc3)C(=O)C[C@H]2C(=O)O)cc1OC. The standard InChI is InChI=1S/C26H30N2O7/c1-34-21-14-13-17(15-22(21)35-2)9-5-3-8-12-23(30)28-19(26(32)33)16-20(29)24(28)27-25(31)18-10-6-4-7-11-18/h4,6-7,10-11,13-15,19,24H,3,5,8-9,12,16H2,1-2H3,(H,27,31)(H,32,33)/t19-,24?/m0/s1. The molecule has 0 radical (unpaired) electrons. The molecule has 2 aromatic carbocycles. The van der Waals surface area contributed by atoms with Crippen LogP contribution in [0.3, 0.4) is 0 Å². The van der Waals surface area contributed by atoms with Crippen molar-refractivity contribution in [3.63, 3.8) is 0 Å². The average Bonchev–Trinajstić information content (AvgIpc) is 3.20. The minimum Gasteiger partial charge on any atom is -0.493 e. The minimum atomic E-state index is -1.29. The van der Waals surface area contributed by atoms with Gasteiger partial charge in [-0.1, -0.05) is 30.7 Å². The van der Waals surface area contributed by atoms with Gasteiger partial charge in [-0.2, -0.15) is 0 Å². The maximum absolute atomic E-state index is 12.9. The van der Waals surface area contributed by atoms with Gasteiger partial charge in [0.2, 0.25) is 5.91 Å². The average molecular weight is 483 g/mol. The number of ether oxygens (including phenoxy) is 2. The lowest BCUT2D eigenvalue weighted by Gasteiger charge is -2.27. The number of ketones is 1.